The van der Waals surface area contributed by atoms with Crippen molar-refractivity contribution in [3.05, 3.63) is 42.2 Å². The molecule has 0 radical (unpaired) electrons. The highest BCUT2D eigenvalue weighted by Crippen LogP contribution is 2.54. The Morgan fingerprint density at radius 2 is 2.10 bits per heavy atom. The van der Waals surface area contributed by atoms with Crippen LogP contribution in [-0.2, 0) is 14.3 Å². The Labute approximate surface area is 183 Å². The fourth-order valence-electron chi connectivity index (χ4n) is 7.03. The van der Waals surface area contributed by atoms with Crippen molar-refractivity contribution in [3.8, 4) is 0 Å². The molecule has 6 rings (SSSR count). The molecule has 2 amide bonds. The zero-order chi connectivity index (χ0) is 21.2. The minimum atomic E-state index is -0.652. The van der Waals surface area contributed by atoms with Crippen LogP contribution < -0.4 is 0 Å². The van der Waals surface area contributed by atoms with Gasteiger partial charge in [-0.15, -0.1) is 0 Å². The van der Waals surface area contributed by atoms with Crippen LogP contribution >= 0.6 is 0 Å². The van der Waals surface area contributed by atoms with Gasteiger partial charge in [-0.3, -0.25) is 14.6 Å². The summed E-state index contributed by atoms with van der Waals surface area (Å²) in [7, 11) is 0. The first-order valence-corrected chi connectivity index (χ1v) is 12.0. The van der Waals surface area contributed by atoms with E-state index in [9.17, 15) is 9.59 Å². The van der Waals surface area contributed by atoms with Gasteiger partial charge in [-0.1, -0.05) is 31.1 Å². The Morgan fingerprint density at radius 1 is 1.26 bits per heavy atom. The molecular weight excluding hydrogens is 390 g/mol. The molecule has 1 aliphatic carbocycles. The van der Waals surface area contributed by atoms with Crippen molar-refractivity contribution in [1.29, 1.82) is 0 Å². The number of hydrogen-bond acceptors (Lipinski definition) is 4. The molecule has 6 heteroatoms. The van der Waals surface area contributed by atoms with Crippen molar-refractivity contribution in [2.45, 2.75) is 69.2 Å². The van der Waals surface area contributed by atoms with E-state index in [4.69, 9.17) is 4.74 Å². The summed E-state index contributed by atoms with van der Waals surface area (Å²) < 4.78 is 6.39. The zero-order valence-corrected chi connectivity index (χ0v) is 18.2. The van der Waals surface area contributed by atoms with Crippen LogP contribution in [0.3, 0.4) is 0 Å². The number of carbonyl (C=O) groups is 2. The predicted molar refractivity (Wildman–Crippen MR) is 115 cm³/mol. The zero-order valence-electron chi connectivity index (χ0n) is 18.2. The number of carbonyl (C=O) groups excluding carboxylic acids is 2. The molecule has 5 heterocycles. The lowest BCUT2D eigenvalue weighted by Crippen LogP contribution is -2.54. The number of fused-ring (bicyclic) bond motifs is 2. The van der Waals surface area contributed by atoms with Crippen molar-refractivity contribution in [1.82, 2.24) is 14.8 Å². The Balaban J connectivity index is 1.28. The standard InChI is InChI=1S/C25H31N3O3/c1-16(18-7-4-12-26-14-18)28-15-25-11-10-20(31-25)21(22(25)24(28)30)23(29)27-13-5-8-17-6-2-3-9-19(17)27/h4,7,10-12,14,16-17,19-22H,2-3,5-6,8-9,13,15H2,1H3. The van der Waals surface area contributed by atoms with Crippen LogP contribution in [0.15, 0.2) is 36.7 Å². The average molecular weight is 422 g/mol. The fourth-order valence-corrected chi connectivity index (χ4v) is 7.03. The maximum atomic E-state index is 13.9. The lowest BCUT2D eigenvalue weighted by molar-refractivity contribution is -0.148. The monoisotopic (exact) mass is 421 g/mol. The molecule has 2 bridgehead atoms. The summed E-state index contributed by atoms with van der Waals surface area (Å²) in [6.07, 6.45) is 14.5. The molecule has 31 heavy (non-hydrogen) atoms. The van der Waals surface area contributed by atoms with E-state index in [2.05, 4.69) is 16.0 Å². The van der Waals surface area contributed by atoms with Gasteiger partial charge in [0.25, 0.3) is 0 Å². The number of hydrogen-bond donors (Lipinski definition) is 0. The maximum absolute atomic E-state index is 13.9. The van der Waals surface area contributed by atoms with Crippen LogP contribution in [0.5, 0.6) is 0 Å². The normalized spacial score (nSPS) is 39.5. The van der Waals surface area contributed by atoms with Crippen LogP contribution in [0.4, 0.5) is 0 Å². The Morgan fingerprint density at radius 3 is 2.94 bits per heavy atom. The van der Waals surface area contributed by atoms with Gasteiger partial charge < -0.3 is 14.5 Å². The number of ether oxygens (including phenoxy) is 1. The highest BCUT2D eigenvalue weighted by atomic mass is 16.5. The second-order valence-corrected chi connectivity index (χ2v) is 10.1. The molecule has 5 aliphatic rings. The van der Waals surface area contributed by atoms with Crippen molar-refractivity contribution in [3.63, 3.8) is 0 Å². The van der Waals surface area contributed by atoms with Crippen LogP contribution in [0.25, 0.3) is 0 Å². The van der Waals surface area contributed by atoms with Gasteiger partial charge in [0, 0.05) is 25.0 Å². The second kappa shape index (κ2) is 7.16. The van der Waals surface area contributed by atoms with E-state index in [1.165, 1.54) is 25.7 Å². The van der Waals surface area contributed by atoms with Gasteiger partial charge in [-0.05, 0) is 50.2 Å². The molecule has 0 aromatic carbocycles. The number of likely N-dealkylation sites (tertiary alicyclic amines) is 2. The molecule has 4 fully saturated rings. The molecule has 1 aromatic rings. The number of amides is 2. The maximum Gasteiger partial charge on any atom is 0.230 e. The van der Waals surface area contributed by atoms with Crippen LogP contribution in [0.2, 0.25) is 0 Å². The summed E-state index contributed by atoms with van der Waals surface area (Å²) in [4.78, 5) is 35.9. The SMILES string of the molecule is CC(c1cccnc1)N1CC23C=CC(O2)C(C(=O)N2CCCC4CCCCC42)C3C1=O. The molecule has 7 atom stereocenters. The van der Waals surface area contributed by atoms with Gasteiger partial charge in [-0.2, -0.15) is 0 Å². The highest BCUT2D eigenvalue weighted by molar-refractivity contribution is 5.93. The summed E-state index contributed by atoms with van der Waals surface area (Å²) in [5.74, 6) is 0.0556. The molecule has 1 aromatic heterocycles. The van der Waals surface area contributed by atoms with Crippen LogP contribution in [-0.4, -0.2) is 57.4 Å². The average Bonchev–Trinajstić information content (AvgIpc) is 3.46. The van der Waals surface area contributed by atoms with E-state index in [0.717, 1.165) is 24.9 Å². The van der Waals surface area contributed by atoms with Gasteiger partial charge in [-0.25, -0.2) is 0 Å². The summed E-state index contributed by atoms with van der Waals surface area (Å²) in [6, 6.07) is 4.17. The topological polar surface area (TPSA) is 62.7 Å². The van der Waals surface area contributed by atoms with Crippen LogP contribution in [0.1, 0.15) is 57.1 Å². The van der Waals surface area contributed by atoms with Crippen molar-refractivity contribution in [2.24, 2.45) is 17.8 Å². The van der Waals surface area contributed by atoms with E-state index in [0.29, 0.717) is 18.5 Å². The minimum Gasteiger partial charge on any atom is -0.360 e. The van der Waals surface area contributed by atoms with Gasteiger partial charge in [0.05, 0.1) is 30.5 Å². The van der Waals surface area contributed by atoms with E-state index >= 15 is 0 Å². The minimum absolute atomic E-state index is 0.0544. The predicted octanol–water partition coefficient (Wildman–Crippen LogP) is 3.11. The second-order valence-electron chi connectivity index (χ2n) is 10.1. The molecule has 7 unspecified atom stereocenters. The number of piperidine rings is 1. The quantitative estimate of drug-likeness (QED) is 0.704. The summed E-state index contributed by atoms with van der Waals surface area (Å²) >= 11 is 0. The molecular formula is C25H31N3O3. The molecule has 3 saturated heterocycles. The first-order valence-electron chi connectivity index (χ1n) is 12.0. The summed E-state index contributed by atoms with van der Waals surface area (Å²) in [5, 5.41) is 0. The smallest absolute Gasteiger partial charge is 0.230 e. The summed E-state index contributed by atoms with van der Waals surface area (Å²) in [6.45, 7) is 3.38. The van der Waals surface area contributed by atoms with Gasteiger partial charge >= 0.3 is 0 Å². The van der Waals surface area contributed by atoms with Gasteiger partial charge in [0.1, 0.15) is 5.60 Å². The van der Waals surface area contributed by atoms with E-state index in [-0.39, 0.29) is 29.9 Å². The third kappa shape index (κ3) is 2.83. The van der Waals surface area contributed by atoms with Crippen LogP contribution in [0, 0.1) is 17.8 Å². The van der Waals surface area contributed by atoms with Crippen molar-refractivity contribution >= 4 is 11.8 Å². The van der Waals surface area contributed by atoms with E-state index in [1.807, 2.05) is 36.2 Å². The Bertz CT molecular complexity index is 916. The first kappa shape index (κ1) is 19.5. The molecule has 6 nitrogen and oxygen atoms in total. The lowest BCUT2D eigenvalue weighted by Gasteiger charge is -2.45. The third-order valence-corrected chi connectivity index (χ3v) is 8.58. The third-order valence-electron chi connectivity index (χ3n) is 8.58. The van der Waals surface area contributed by atoms with E-state index in [1.54, 1.807) is 6.20 Å². The van der Waals surface area contributed by atoms with Crippen molar-refractivity contribution < 1.29 is 14.3 Å². The lowest BCUT2D eigenvalue weighted by atomic mass is 9.74. The summed E-state index contributed by atoms with van der Waals surface area (Å²) in [5.41, 5.74) is 0.357. The molecule has 4 aliphatic heterocycles. The van der Waals surface area contributed by atoms with Gasteiger partial charge in [0.15, 0.2) is 0 Å². The highest BCUT2D eigenvalue weighted by Gasteiger charge is 2.68. The number of aromatic nitrogens is 1. The Hall–Kier alpha value is -2.21. The fraction of sp³-hybridized carbons (Fsp3) is 0.640. The largest absolute Gasteiger partial charge is 0.360 e. The van der Waals surface area contributed by atoms with Crippen molar-refractivity contribution in [2.75, 3.05) is 13.1 Å². The molecule has 164 valence electrons. The molecule has 1 spiro atoms. The Kier molecular flexibility index (Phi) is 4.50. The number of rotatable bonds is 3. The number of pyridine rings is 1. The van der Waals surface area contributed by atoms with Gasteiger partial charge in [0.2, 0.25) is 11.8 Å². The molecule has 1 saturated carbocycles. The van der Waals surface area contributed by atoms with E-state index < -0.39 is 11.5 Å². The number of nitrogens with zero attached hydrogens (tertiary/aromatic N) is 3. The first-order chi connectivity index (χ1) is 15.1. The molecule has 0 N–H and O–H groups in total.